The van der Waals surface area contributed by atoms with Crippen molar-refractivity contribution >= 4 is 0 Å². The van der Waals surface area contributed by atoms with Crippen LogP contribution >= 0.6 is 0 Å². The summed E-state index contributed by atoms with van der Waals surface area (Å²) in [7, 11) is 0. The maximum Gasteiger partial charge on any atom is 0.141 e. The van der Waals surface area contributed by atoms with Gasteiger partial charge in [-0.3, -0.25) is 0 Å². The molecule has 3 heteroatoms. The Hall–Kier alpha value is -1.87. The Labute approximate surface area is 69.5 Å². The zero-order valence-electron chi connectivity index (χ0n) is 6.43. The molecule has 0 N–H and O–H groups in total. The third-order valence-corrected chi connectivity index (χ3v) is 1.65. The van der Waals surface area contributed by atoms with Crippen LogP contribution in [0.1, 0.15) is 16.7 Å². The van der Waals surface area contributed by atoms with E-state index in [9.17, 15) is 4.39 Å². The molecule has 1 aromatic rings. The predicted molar refractivity (Wildman–Crippen MR) is 40.6 cm³/mol. The first-order valence-corrected chi connectivity index (χ1v) is 3.30. The Kier molecular flexibility index (Phi) is 2.07. The van der Waals surface area contributed by atoms with Crippen molar-refractivity contribution < 1.29 is 4.39 Å². The smallest absolute Gasteiger partial charge is 0.141 e. The maximum absolute atomic E-state index is 12.8. The summed E-state index contributed by atoms with van der Waals surface area (Å²) in [6.45, 7) is 1.56. The summed E-state index contributed by atoms with van der Waals surface area (Å²) in [5.74, 6) is -0.575. The van der Waals surface area contributed by atoms with Crippen LogP contribution in [0.25, 0.3) is 0 Å². The molecule has 0 saturated heterocycles. The lowest BCUT2D eigenvalue weighted by molar-refractivity contribution is 0.622. The van der Waals surface area contributed by atoms with Crippen LogP contribution in [-0.2, 0) is 0 Å². The Morgan fingerprint density at radius 2 is 1.92 bits per heavy atom. The van der Waals surface area contributed by atoms with Crippen molar-refractivity contribution in [1.29, 1.82) is 10.5 Å². The van der Waals surface area contributed by atoms with Gasteiger partial charge in [0.1, 0.15) is 11.9 Å². The van der Waals surface area contributed by atoms with Crippen molar-refractivity contribution in [3.05, 3.63) is 34.6 Å². The van der Waals surface area contributed by atoms with E-state index in [0.29, 0.717) is 11.1 Å². The number of nitriles is 2. The van der Waals surface area contributed by atoms with Crippen LogP contribution in [0, 0.1) is 35.4 Å². The highest BCUT2D eigenvalue weighted by Crippen LogP contribution is 2.15. The average Bonchev–Trinajstić information content (AvgIpc) is 2.06. The highest BCUT2D eigenvalue weighted by atomic mass is 19.1. The Morgan fingerprint density at radius 3 is 2.42 bits per heavy atom. The van der Waals surface area contributed by atoms with E-state index in [2.05, 4.69) is 0 Å². The Morgan fingerprint density at radius 1 is 1.25 bits per heavy atom. The van der Waals surface area contributed by atoms with E-state index < -0.39 is 5.82 Å². The number of hydrogen-bond donors (Lipinski definition) is 0. The number of hydrogen-bond acceptors (Lipinski definition) is 2. The lowest BCUT2D eigenvalue weighted by Gasteiger charge is -1.99. The summed E-state index contributed by atoms with van der Waals surface area (Å²) in [4.78, 5) is 0. The Balaban J connectivity index is 3.50. The molecule has 0 spiro atoms. The first-order chi connectivity index (χ1) is 5.70. The van der Waals surface area contributed by atoms with Crippen LogP contribution in [-0.4, -0.2) is 0 Å². The van der Waals surface area contributed by atoms with Gasteiger partial charge < -0.3 is 0 Å². The highest BCUT2D eigenvalue weighted by molar-refractivity contribution is 5.47. The van der Waals surface area contributed by atoms with Gasteiger partial charge in [0.15, 0.2) is 0 Å². The van der Waals surface area contributed by atoms with E-state index in [0.717, 1.165) is 6.07 Å². The maximum atomic E-state index is 12.8. The van der Waals surface area contributed by atoms with Gasteiger partial charge in [-0.05, 0) is 24.6 Å². The van der Waals surface area contributed by atoms with Crippen molar-refractivity contribution in [3.8, 4) is 12.1 Å². The first-order valence-electron chi connectivity index (χ1n) is 3.30. The van der Waals surface area contributed by atoms with E-state index in [1.807, 2.05) is 6.07 Å². The van der Waals surface area contributed by atoms with Crippen molar-refractivity contribution in [2.24, 2.45) is 0 Å². The topological polar surface area (TPSA) is 47.6 Å². The molecule has 1 rings (SSSR count). The first kappa shape index (κ1) is 8.23. The van der Waals surface area contributed by atoms with Crippen LogP contribution in [0.3, 0.4) is 0 Å². The quantitative estimate of drug-likeness (QED) is 0.581. The molecule has 0 bridgehead atoms. The largest absolute Gasteiger partial charge is 0.206 e. The fourth-order valence-electron chi connectivity index (χ4n) is 0.937. The predicted octanol–water partition coefficient (Wildman–Crippen LogP) is 1.88. The molecule has 0 unspecified atom stereocenters. The molecular formula is C9H5FN2. The van der Waals surface area contributed by atoms with E-state index in [-0.39, 0.29) is 5.56 Å². The van der Waals surface area contributed by atoms with E-state index in [4.69, 9.17) is 10.5 Å². The molecule has 12 heavy (non-hydrogen) atoms. The molecular weight excluding hydrogens is 155 g/mol. The molecule has 0 saturated carbocycles. The van der Waals surface area contributed by atoms with Crippen molar-refractivity contribution in [2.45, 2.75) is 6.92 Å². The summed E-state index contributed by atoms with van der Waals surface area (Å²) in [6.07, 6.45) is 0. The number of halogens is 1. The molecule has 0 aliphatic carbocycles. The second-order valence-corrected chi connectivity index (χ2v) is 2.32. The van der Waals surface area contributed by atoms with Crippen LogP contribution in [0.5, 0.6) is 0 Å². The molecule has 1 aromatic carbocycles. The standard InChI is InChI=1S/C9H5FN2/c1-6-7(4-11)2-3-9(10)8(6)5-12/h2-3H,1H3. The van der Waals surface area contributed by atoms with Gasteiger partial charge in [-0.15, -0.1) is 0 Å². The van der Waals surface area contributed by atoms with Crippen molar-refractivity contribution in [2.75, 3.05) is 0 Å². The Bertz CT molecular complexity index is 396. The fraction of sp³-hybridized carbons (Fsp3) is 0.111. The lowest BCUT2D eigenvalue weighted by atomic mass is 10.0. The van der Waals surface area contributed by atoms with Gasteiger partial charge in [0, 0.05) is 0 Å². The molecule has 2 nitrogen and oxygen atoms in total. The van der Waals surface area contributed by atoms with E-state index >= 15 is 0 Å². The number of rotatable bonds is 0. The zero-order chi connectivity index (χ0) is 9.14. The van der Waals surface area contributed by atoms with Crippen molar-refractivity contribution in [3.63, 3.8) is 0 Å². The zero-order valence-corrected chi connectivity index (χ0v) is 6.43. The fourth-order valence-corrected chi connectivity index (χ4v) is 0.937. The summed E-state index contributed by atoms with van der Waals surface area (Å²) >= 11 is 0. The molecule has 0 fully saturated rings. The second-order valence-electron chi connectivity index (χ2n) is 2.32. The van der Waals surface area contributed by atoms with Gasteiger partial charge in [-0.1, -0.05) is 0 Å². The second kappa shape index (κ2) is 3.02. The molecule has 0 aliphatic rings. The van der Waals surface area contributed by atoms with Crippen molar-refractivity contribution in [1.82, 2.24) is 0 Å². The summed E-state index contributed by atoms with van der Waals surface area (Å²) in [5, 5.41) is 17.1. The van der Waals surface area contributed by atoms with Crippen LogP contribution < -0.4 is 0 Å². The van der Waals surface area contributed by atoms with Crippen LogP contribution in [0.4, 0.5) is 4.39 Å². The third-order valence-electron chi connectivity index (χ3n) is 1.65. The minimum Gasteiger partial charge on any atom is -0.206 e. The average molecular weight is 160 g/mol. The van der Waals surface area contributed by atoms with Gasteiger partial charge in [0.2, 0.25) is 0 Å². The van der Waals surface area contributed by atoms with Gasteiger partial charge in [-0.25, -0.2) is 4.39 Å². The van der Waals surface area contributed by atoms with Gasteiger partial charge in [0.05, 0.1) is 17.2 Å². The number of nitrogens with zero attached hydrogens (tertiary/aromatic N) is 2. The highest BCUT2D eigenvalue weighted by Gasteiger charge is 2.08. The summed E-state index contributed by atoms with van der Waals surface area (Å²) in [5.41, 5.74) is 0.696. The molecule has 0 aliphatic heterocycles. The van der Waals surface area contributed by atoms with Crippen LogP contribution in [0.2, 0.25) is 0 Å². The van der Waals surface area contributed by atoms with E-state index in [1.54, 1.807) is 13.0 Å². The molecule has 0 radical (unpaired) electrons. The molecule has 0 aromatic heterocycles. The number of benzene rings is 1. The summed E-state index contributed by atoms with van der Waals surface area (Å²) in [6, 6.07) is 6.09. The van der Waals surface area contributed by atoms with Crippen LogP contribution in [0.15, 0.2) is 12.1 Å². The third kappa shape index (κ3) is 1.13. The molecule has 0 atom stereocenters. The minimum atomic E-state index is -0.575. The lowest BCUT2D eigenvalue weighted by Crippen LogP contribution is -1.92. The summed E-state index contributed by atoms with van der Waals surface area (Å²) < 4.78 is 12.8. The SMILES string of the molecule is Cc1c(C#N)ccc(F)c1C#N. The molecule has 58 valence electrons. The van der Waals surface area contributed by atoms with Gasteiger partial charge in [-0.2, -0.15) is 10.5 Å². The molecule has 0 heterocycles. The minimum absolute atomic E-state index is 0.0472. The van der Waals surface area contributed by atoms with E-state index in [1.165, 1.54) is 6.07 Å². The monoisotopic (exact) mass is 160 g/mol. The normalized spacial score (nSPS) is 8.67. The molecule has 0 amide bonds. The van der Waals surface area contributed by atoms with Gasteiger partial charge in [0.25, 0.3) is 0 Å². The van der Waals surface area contributed by atoms with Gasteiger partial charge >= 0.3 is 0 Å².